The van der Waals surface area contributed by atoms with E-state index in [9.17, 15) is 13.2 Å². The van der Waals surface area contributed by atoms with Gasteiger partial charge in [-0.3, -0.25) is 9.83 Å². The minimum Gasteiger partial charge on any atom is -0.406 e. The highest BCUT2D eigenvalue weighted by Crippen LogP contribution is 2.30. The Labute approximate surface area is 233 Å². The Balaban J connectivity index is 1.35. The summed E-state index contributed by atoms with van der Waals surface area (Å²) in [6.07, 6.45) is 2.56. The number of alkyl halides is 3. The number of ether oxygens (including phenoxy) is 1. The van der Waals surface area contributed by atoms with Crippen LogP contribution in [0.15, 0.2) is 95.3 Å². The first-order valence-corrected chi connectivity index (χ1v) is 13.7. The second-order valence-corrected chi connectivity index (χ2v) is 10.1. The number of hydrazone groups is 1. The third-order valence-electron chi connectivity index (χ3n) is 6.25. The minimum absolute atomic E-state index is 0.268. The highest BCUT2D eigenvalue weighted by Gasteiger charge is 2.31. The van der Waals surface area contributed by atoms with Gasteiger partial charge in [-0.25, -0.2) is 9.98 Å². The van der Waals surface area contributed by atoms with Crippen LogP contribution in [0.1, 0.15) is 30.9 Å². The topological polar surface area (TPSA) is 63.3 Å². The average molecular weight is 562 g/mol. The first-order valence-electron chi connectivity index (χ1n) is 12.5. The normalized spacial score (nSPS) is 12.6. The lowest BCUT2D eigenvalue weighted by atomic mass is 10.0. The number of pyridine rings is 1. The summed E-state index contributed by atoms with van der Waals surface area (Å²) in [6.45, 7) is 4.29. The number of thioether (sulfide) groups is 1. The lowest BCUT2D eigenvalue weighted by molar-refractivity contribution is -0.274. The number of imidazole rings is 1. The number of aromatic nitrogens is 2. The number of aliphatic imine (C=N–C) groups is 1. The molecule has 0 aliphatic heterocycles. The van der Waals surface area contributed by atoms with Crippen molar-refractivity contribution in [1.82, 2.24) is 14.8 Å². The number of halogens is 3. The minimum atomic E-state index is -4.73. The molecular weight excluding hydrogens is 535 g/mol. The molecule has 0 saturated carbocycles. The molecule has 0 atom stereocenters. The summed E-state index contributed by atoms with van der Waals surface area (Å²) in [6, 6.07) is 21.7. The molecule has 2 aromatic heterocycles. The maximum absolute atomic E-state index is 12.5. The van der Waals surface area contributed by atoms with Gasteiger partial charge in [-0.05, 0) is 77.2 Å². The number of hydrogen-bond acceptors (Lipinski definition) is 5. The van der Waals surface area contributed by atoms with E-state index in [2.05, 4.69) is 40.2 Å². The van der Waals surface area contributed by atoms with Gasteiger partial charge in [-0.15, -0.1) is 13.2 Å². The van der Waals surface area contributed by atoms with E-state index in [4.69, 9.17) is 4.99 Å². The second kappa shape index (κ2) is 11.4. The van der Waals surface area contributed by atoms with E-state index in [-0.39, 0.29) is 5.75 Å². The van der Waals surface area contributed by atoms with E-state index in [1.54, 1.807) is 24.5 Å². The maximum Gasteiger partial charge on any atom is 0.573 e. The summed E-state index contributed by atoms with van der Waals surface area (Å²) in [4.78, 5) is 9.33. The Morgan fingerprint density at radius 1 is 1.05 bits per heavy atom. The lowest BCUT2D eigenvalue weighted by Gasteiger charge is -2.10. The van der Waals surface area contributed by atoms with Crippen molar-refractivity contribution in [1.29, 1.82) is 0 Å². The third-order valence-corrected chi connectivity index (χ3v) is 6.82. The van der Waals surface area contributed by atoms with Crippen molar-refractivity contribution >= 4 is 45.3 Å². The van der Waals surface area contributed by atoms with Crippen LogP contribution < -0.4 is 10.2 Å². The fourth-order valence-electron chi connectivity index (χ4n) is 4.38. The summed E-state index contributed by atoms with van der Waals surface area (Å²) in [5.41, 5.74) is 8.26. The van der Waals surface area contributed by atoms with E-state index in [0.717, 1.165) is 38.9 Å². The zero-order valence-corrected chi connectivity index (χ0v) is 22.8. The summed E-state index contributed by atoms with van der Waals surface area (Å²) in [5, 5.41) is 7.00. The maximum atomic E-state index is 12.5. The van der Waals surface area contributed by atoms with Crippen LogP contribution in [-0.2, 0) is 0 Å². The number of amidine groups is 1. The molecule has 204 valence electrons. The van der Waals surface area contributed by atoms with Gasteiger partial charge in [-0.1, -0.05) is 49.9 Å². The van der Waals surface area contributed by atoms with Crippen molar-refractivity contribution < 1.29 is 17.9 Å². The highest BCUT2D eigenvalue weighted by atomic mass is 32.2. The molecule has 40 heavy (non-hydrogen) atoms. The molecule has 0 amide bonds. The van der Waals surface area contributed by atoms with Crippen LogP contribution in [0.4, 0.5) is 18.9 Å². The molecule has 1 N–H and O–H groups in total. The Kier molecular flexibility index (Phi) is 7.79. The molecule has 10 heteroatoms. The van der Waals surface area contributed by atoms with Gasteiger partial charge in [0.05, 0.1) is 23.8 Å². The molecule has 0 radical (unpaired) electrons. The van der Waals surface area contributed by atoms with Gasteiger partial charge in [0.15, 0.2) is 5.17 Å². The molecule has 0 saturated heterocycles. The molecule has 0 spiro atoms. The van der Waals surface area contributed by atoms with Crippen molar-refractivity contribution in [2.75, 3.05) is 6.26 Å². The Morgan fingerprint density at radius 3 is 2.55 bits per heavy atom. The zero-order chi connectivity index (χ0) is 28.3. The number of nitrogens with zero attached hydrogens (tertiary/aromatic N) is 4. The molecule has 0 bridgehead atoms. The number of para-hydroxylation sites is 1. The zero-order valence-electron chi connectivity index (χ0n) is 22.0. The monoisotopic (exact) mass is 561 g/mol. The van der Waals surface area contributed by atoms with Gasteiger partial charge in [0.2, 0.25) is 0 Å². The molecule has 6 nitrogen and oxygen atoms in total. The molecule has 5 rings (SSSR count). The third kappa shape index (κ3) is 6.12. The van der Waals surface area contributed by atoms with E-state index in [1.807, 2.05) is 59.3 Å². The molecule has 0 aliphatic rings. The molecule has 3 aromatic carbocycles. The molecule has 0 unspecified atom stereocenters. The molecule has 2 heterocycles. The van der Waals surface area contributed by atoms with Gasteiger partial charge in [0.25, 0.3) is 0 Å². The van der Waals surface area contributed by atoms with Crippen molar-refractivity contribution in [2.24, 2.45) is 10.1 Å². The average Bonchev–Trinajstić information content (AvgIpc) is 3.36. The summed E-state index contributed by atoms with van der Waals surface area (Å²) < 4.78 is 43.3. The predicted molar refractivity (Wildman–Crippen MR) is 157 cm³/mol. The fourth-order valence-corrected chi connectivity index (χ4v) is 4.71. The van der Waals surface area contributed by atoms with E-state index in [0.29, 0.717) is 11.1 Å². The van der Waals surface area contributed by atoms with Crippen LogP contribution in [0.3, 0.4) is 0 Å². The van der Waals surface area contributed by atoms with Gasteiger partial charge in [0.1, 0.15) is 11.4 Å². The number of hydrogen-bond donors (Lipinski definition) is 1. The van der Waals surface area contributed by atoms with Crippen molar-refractivity contribution in [3.8, 4) is 17.0 Å². The lowest BCUT2D eigenvalue weighted by Crippen LogP contribution is -2.16. The van der Waals surface area contributed by atoms with E-state index >= 15 is 0 Å². The Bertz CT molecular complexity index is 1710. The van der Waals surface area contributed by atoms with Gasteiger partial charge in [-0.2, -0.15) is 5.10 Å². The first kappa shape index (κ1) is 27.3. The standard InChI is InChI=1S/C30H26F3N5OS/c1-19(2)24-6-4-5-7-26(24)36-29(40-3)37-35-17-20-8-13-25-22(16-20)14-15-38-27(18-34-28(25)38)21-9-11-23(12-10-21)39-30(31,32)33/h4-19H,1-3H3,(H,36,37)/b35-17+. The summed E-state index contributed by atoms with van der Waals surface area (Å²) in [7, 11) is 0. The van der Waals surface area contributed by atoms with Crippen molar-refractivity contribution in [2.45, 2.75) is 26.1 Å². The Morgan fingerprint density at radius 2 is 1.82 bits per heavy atom. The van der Waals surface area contributed by atoms with Crippen molar-refractivity contribution in [3.63, 3.8) is 0 Å². The number of rotatable bonds is 6. The van der Waals surface area contributed by atoms with Crippen LogP contribution >= 0.6 is 11.8 Å². The van der Waals surface area contributed by atoms with Crippen LogP contribution in [0.2, 0.25) is 0 Å². The molecule has 0 aliphatic carbocycles. The van der Waals surface area contributed by atoms with Gasteiger partial charge >= 0.3 is 6.36 Å². The SMILES string of the molecule is CSC(=Nc1ccccc1C(C)C)N/N=C/c1ccc2c(ccn3c(-c4ccc(OC(F)(F)F)cc4)cnc23)c1. The van der Waals surface area contributed by atoms with Crippen LogP contribution in [0, 0.1) is 0 Å². The largest absolute Gasteiger partial charge is 0.573 e. The first-order chi connectivity index (χ1) is 19.2. The van der Waals surface area contributed by atoms with Gasteiger partial charge < -0.3 is 4.74 Å². The fraction of sp³-hybridized carbons (Fsp3) is 0.167. The molecule has 5 aromatic rings. The number of fused-ring (bicyclic) bond motifs is 3. The van der Waals surface area contributed by atoms with E-state index in [1.165, 1.54) is 29.5 Å². The molecular formula is C30H26F3N5OS. The van der Waals surface area contributed by atoms with E-state index < -0.39 is 6.36 Å². The Hall–Kier alpha value is -4.31. The summed E-state index contributed by atoms with van der Waals surface area (Å²) in [5.74, 6) is 0.0932. The van der Waals surface area contributed by atoms with Crippen LogP contribution in [0.25, 0.3) is 27.7 Å². The highest BCUT2D eigenvalue weighted by molar-refractivity contribution is 8.13. The van der Waals surface area contributed by atoms with Crippen LogP contribution in [0.5, 0.6) is 5.75 Å². The molecule has 0 fully saturated rings. The smallest absolute Gasteiger partial charge is 0.406 e. The number of benzene rings is 3. The number of nitrogens with one attached hydrogen (secondary N) is 1. The quantitative estimate of drug-likeness (QED) is 0.129. The predicted octanol–water partition coefficient (Wildman–Crippen LogP) is 8.15. The van der Waals surface area contributed by atoms with Crippen molar-refractivity contribution in [3.05, 3.63) is 96.3 Å². The summed E-state index contributed by atoms with van der Waals surface area (Å²) >= 11 is 1.48. The second-order valence-electron chi connectivity index (χ2n) is 9.28. The van der Waals surface area contributed by atoms with Crippen LogP contribution in [-0.4, -0.2) is 33.4 Å². The van der Waals surface area contributed by atoms with Gasteiger partial charge in [0, 0.05) is 17.1 Å².